The van der Waals surface area contributed by atoms with Gasteiger partial charge >= 0.3 is 0 Å². The van der Waals surface area contributed by atoms with E-state index in [1.165, 1.54) is 36.8 Å². The fourth-order valence-corrected chi connectivity index (χ4v) is 5.56. The minimum Gasteiger partial charge on any atom is -0.497 e. The first-order chi connectivity index (χ1) is 12.0. The number of hydrogen-bond acceptors (Lipinski definition) is 2. The maximum absolute atomic E-state index is 8.35. The summed E-state index contributed by atoms with van der Waals surface area (Å²) in [6, 6.07) is 6.84. The van der Waals surface area contributed by atoms with Crippen molar-refractivity contribution in [2.45, 2.75) is 50.0 Å². The molecule has 1 saturated heterocycles. The highest BCUT2D eigenvalue weighted by atomic mass is 16.5. The van der Waals surface area contributed by atoms with Gasteiger partial charge in [-0.25, -0.2) is 0 Å². The lowest BCUT2D eigenvalue weighted by Crippen LogP contribution is -2.62. The summed E-state index contributed by atoms with van der Waals surface area (Å²) in [5, 5.41) is 8.35. The van der Waals surface area contributed by atoms with Crippen LogP contribution >= 0.6 is 0 Å². The van der Waals surface area contributed by atoms with Gasteiger partial charge in [-0.2, -0.15) is 4.99 Å². The summed E-state index contributed by atoms with van der Waals surface area (Å²) in [6.45, 7) is 0.841. The molecule has 0 spiro atoms. The van der Waals surface area contributed by atoms with Gasteiger partial charge in [0.05, 0.1) is 7.11 Å². The van der Waals surface area contributed by atoms with Crippen LogP contribution in [0.3, 0.4) is 0 Å². The minimum absolute atomic E-state index is 0.0357. The third-order valence-electron chi connectivity index (χ3n) is 6.55. The molecule has 1 aromatic rings. The third kappa shape index (κ3) is 2.46. The molecule has 0 amide bonds. The molecule has 1 aliphatic heterocycles. The van der Waals surface area contributed by atoms with Gasteiger partial charge in [-0.15, -0.1) is 0 Å². The molecule has 6 heteroatoms. The number of aliphatic imine (C=N–C) groups is 1. The largest absolute Gasteiger partial charge is 0.497 e. The number of piperidine rings is 1. The molecule has 1 saturated carbocycles. The molecule has 3 atom stereocenters. The molecule has 25 heavy (non-hydrogen) atoms. The first-order valence-corrected chi connectivity index (χ1v) is 9.17. The van der Waals surface area contributed by atoms with Crippen molar-refractivity contribution in [2.75, 3.05) is 13.7 Å². The molecular formula is C19H27N5O. The highest BCUT2D eigenvalue weighted by Gasteiger charge is 2.54. The minimum atomic E-state index is -0.0357. The van der Waals surface area contributed by atoms with Crippen LogP contribution in [0.15, 0.2) is 23.2 Å². The average molecular weight is 341 g/mol. The Morgan fingerprint density at radius 3 is 2.92 bits per heavy atom. The van der Waals surface area contributed by atoms with E-state index in [0.717, 1.165) is 25.1 Å². The lowest BCUT2D eigenvalue weighted by atomic mass is 9.52. The van der Waals surface area contributed by atoms with E-state index in [1.54, 1.807) is 7.11 Å². The number of fused-ring (bicyclic) bond motifs is 1. The number of hydrogen-bond donors (Lipinski definition) is 3. The molecule has 1 heterocycles. The van der Waals surface area contributed by atoms with Crippen LogP contribution in [0.25, 0.3) is 0 Å². The number of nitrogens with one attached hydrogen (secondary N) is 1. The van der Waals surface area contributed by atoms with E-state index in [0.29, 0.717) is 12.0 Å². The number of nitrogens with zero attached hydrogens (tertiary/aromatic N) is 2. The Bertz CT molecular complexity index is 727. The maximum atomic E-state index is 8.35. The molecule has 5 N–H and O–H groups in total. The van der Waals surface area contributed by atoms with E-state index in [2.05, 4.69) is 28.1 Å². The van der Waals surface area contributed by atoms with Crippen LogP contribution in [0.4, 0.5) is 0 Å². The Morgan fingerprint density at radius 1 is 1.32 bits per heavy atom. The fourth-order valence-electron chi connectivity index (χ4n) is 5.56. The van der Waals surface area contributed by atoms with Crippen molar-refractivity contribution in [1.29, 1.82) is 5.41 Å². The second kappa shape index (κ2) is 5.93. The molecule has 4 rings (SSSR count). The number of nitrogens with two attached hydrogens (primary N) is 2. The van der Waals surface area contributed by atoms with Crippen molar-refractivity contribution in [2.24, 2.45) is 22.4 Å². The summed E-state index contributed by atoms with van der Waals surface area (Å²) in [5.74, 6) is 1.68. The summed E-state index contributed by atoms with van der Waals surface area (Å²) in [5.41, 5.74) is 14.1. The van der Waals surface area contributed by atoms with Gasteiger partial charge in [0.15, 0.2) is 5.96 Å². The van der Waals surface area contributed by atoms with Gasteiger partial charge < -0.3 is 21.1 Å². The van der Waals surface area contributed by atoms with Crippen LogP contribution < -0.4 is 16.2 Å². The van der Waals surface area contributed by atoms with Crippen molar-refractivity contribution in [1.82, 2.24) is 4.90 Å². The van der Waals surface area contributed by atoms with Gasteiger partial charge in [0, 0.05) is 18.0 Å². The summed E-state index contributed by atoms with van der Waals surface area (Å²) in [7, 11) is 1.74. The Balaban J connectivity index is 1.78. The van der Waals surface area contributed by atoms with Crippen LogP contribution in [0.2, 0.25) is 0 Å². The smallest absolute Gasteiger partial charge is 0.221 e. The van der Waals surface area contributed by atoms with Gasteiger partial charge in [-0.3, -0.25) is 5.41 Å². The van der Waals surface area contributed by atoms with E-state index in [1.807, 2.05) is 0 Å². The third-order valence-corrected chi connectivity index (χ3v) is 6.55. The number of guanidine groups is 2. The zero-order valence-electron chi connectivity index (χ0n) is 14.8. The van der Waals surface area contributed by atoms with Crippen LogP contribution in [-0.4, -0.2) is 36.5 Å². The van der Waals surface area contributed by atoms with Crippen LogP contribution in [-0.2, 0) is 11.8 Å². The number of rotatable bonds is 1. The molecule has 134 valence electrons. The fraction of sp³-hybridized carbons (Fsp3) is 0.579. The van der Waals surface area contributed by atoms with E-state index >= 15 is 0 Å². The van der Waals surface area contributed by atoms with Crippen molar-refractivity contribution < 1.29 is 4.74 Å². The maximum Gasteiger partial charge on any atom is 0.221 e. The van der Waals surface area contributed by atoms with Crippen LogP contribution in [0.5, 0.6) is 5.75 Å². The zero-order valence-corrected chi connectivity index (χ0v) is 14.8. The molecule has 6 nitrogen and oxygen atoms in total. The molecular weight excluding hydrogens is 314 g/mol. The molecule has 2 bridgehead atoms. The molecule has 0 radical (unpaired) electrons. The van der Waals surface area contributed by atoms with E-state index in [9.17, 15) is 0 Å². The number of methoxy groups -OCH3 is 1. The number of benzene rings is 1. The lowest BCUT2D eigenvalue weighted by Gasteiger charge is -2.59. The number of ether oxygens (including phenoxy) is 1. The quantitative estimate of drug-likeness (QED) is 0.537. The second-order valence-electron chi connectivity index (χ2n) is 7.61. The van der Waals surface area contributed by atoms with Gasteiger partial charge in [0.2, 0.25) is 5.96 Å². The van der Waals surface area contributed by atoms with Crippen molar-refractivity contribution in [3.63, 3.8) is 0 Å². The first kappa shape index (κ1) is 16.2. The Hall–Kier alpha value is -2.24. The van der Waals surface area contributed by atoms with Gasteiger partial charge in [0.1, 0.15) is 5.75 Å². The molecule has 0 unspecified atom stereocenters. The van der Waals surface area contributed by atoms with Crippen LogP contribution in [0, 0.1) is 11.3 Å². The standard InChI is InChI=1S/C19H27N5O/c1-25-13-6-5-12-10-16-14-4-2-3-7-19(14,15(12)11-13)8-9-24(16)18(22)23-17(20)21/h5-6,11,14,16H,2-4,7-10H2,1H3,(H5,20,21,22,23)/t14-,16+,19+/m1/s1. The topological polar surface area (TPSA) is 101 Å². The van der Waals surface area contributed by atoms with Crippen molar-refractivity contribution >= 4 is 11.9 Å². The van der Waals surface area contributed by atoms with E-state index < -0.39 is 0 Å². The second-order valence-corrected chi connectivity index (χ2v) is 7.61. The highest BCUT2D eigenvalue weighted by Crippen LogP contribution is 2.56. The summed E-state index contributed by atoms with van der Waals surface area (Å²) < 4.78 is 5.51. The summed E-state index contributed by atoms with van der Waals surface area (Å²) in [4.78, 5) is 6.15. The molecule has 3 aliphatic rings. The Labute approximate surface area is 148 Å². The summed E-state index contributed by atoms with van der Waals surface area (Å²) >= 11 is 0. The lowest BCUT2D eigenvalue weighted by molar-refractivity contribution is 0.0237. The van der Waals surface area contributed by atoms with Crippen LogP contribution in [0.1, 0.15) is 43.2 Å². The first-order valence-electron chi connectivity index (χ1n) is 9.17. The van der Waals surface area contributed by atoms with E-state index in [-0.39, 0.29) is 17.3 Å². The molecule has 2 fully saturated rings. The molecule has 2 aliphatic carbocycles. The van der Waals surface area contributed by atoms with Gasteiger partial charge in [-0.1, -0.05) is 18.9 Å². The zero-order chi connectivity index (χ0) is 17.6. The van der Waals surface area contributed by atoms with Crippen molar-refractivity contribution in [3.8, 4) is 5.75 Å². The van der Waals surface area contributed by atoms with Gasteiger partial charge in [0.25, 0.3) is 0 Å². The average Bonchev–Trinajstić information content (AvgIpc) is 2.60. The summed E-state index contributed by atoms with van der Waals surface area (Å²) in [6.07, 6.45) is 7.01. The van der Waals surface area contributed by atoms with Gasteiger partial charge in [-0.05, 0) is 54.9 Å². The Morgan fingerprint density at radius 2 is 2.16 bits per heavy atom. The highest BCUT2D eigenvalue weighted by molar-refractivity contribution is 5.92. The SMILES string of the molecule is COc1ccc2c(c1)[C@]13CCCC[C@@H]1[C@H](C2)N(C(=N)N=C(N)N)CC3. The monoisotopic (exact) mass is 341 g/mol. The predicted octanol–water partition coefficient (Wildman–Crippen LogP) is 1.96. The molecule has 0 aromatic heterocycles. The van der Waals surface area contributed by atoms with Crippen molar-refractivity contribution in [3.05, 3.63) is 29.3 Å². The number of likely N-dealkylation sites (tertiary alicyclic amines) is 1. The molecule has 1 aromatic carbocycles. The normalized spacial score (nSPS) is 30.0. The Kier molecular flexibility index (Phi) is 3.85. The van der Waals surface area contributed by atoms with E-state index in [4.69, 9.17) is 21.6 Å². The predicted molar refractivity (Wildman–Crippen MR) is 99.0 cm³/mol.